The van der Waals surface area contributed by atoms with Crippen LogP contribution in [0.15, 0.2) is 48.5 Å². The van der Waals surface area contributed by atoms with Crippen molar-refractivity contribution in [3.05, 3.63) is 54.1 Å². The molecule has 0 saturated carbocycles. The molecule has 0 bridgehead atoms. The van der Waals surface area contributed by atoms with Gasteiger partial charge in [0, 0.05) is 12.2 Å². The van der Waals surface area contributed by atoms with Crippen molar-refractivity contribution >= 4 is 17.5 Å². The lowest BCUT2D eigenvalue weighted by Crippen LogP contribution is -2.41. The smallest absolute Gasteiger partial charge is 0.248 e. The quantitative estimate of drug-likeness (QED) is 0.547. The number of nitrogens with zero attached hydrogens (tertiary/aromatic N) is 1. The number of ether oxygens (including phenoxy) is 2. The van der Waals surface area contributed by atoms with E-state index in [1.165, 1.54) is 4.90 Å². The lowest BCUT2D eigenvalue weighted by molar-refractivity contribution is -0.138. The fraction of sp³-hybridized carbons (Fsp3) is 0.300. The van der Waals surface area contributed by atoms with Crippen molar-refractivity contribution in [2.24, 2.45) is 0 Å². The molecule has 2 aromatic rings. The summed E-state index contributed by atoms with van der Waals surface area (Å²) in [5.41, 5.74) is 7.72. The molecule has 0 aliphatic carbocycles. The molecule has 2 aromatic carbocycles. The number of nitrogens with one attached hydrogen (secondary N) is 2. The topological polar surface area (TPSA) is 79.9 Å². The number of hydrazine groups is 1. The van der Waals surface area contributed by atoms with E-state index in [4.69, 9.17) is 9.47 Å². The van der Waals surface area contributed by atoms with Gasteiger partial charge in [-0.05, 0) is 36.2 Å². The highest BCUT2D eigenvalue weighted by Gasteiger charge is 2.38. The number of imide groups is 1. The number of amides is 2. The van der Waals surface area contributed by atoms with Crippen molar-refractivity contribution in [2.45, 2.75) is 18.9 Å². The summed E-state index contributed by atoms with van der Waals surface area (Å²) < 4.78 is 10.5. The summed E-state index contributed by atoms with van der Waals surface area (Å²) in [5.74, 6) is 0.878. The lowest BCUT2D eigenvalue weighted by atomic mass is 10.1. The molecule has 1 aliphatic heterocycles. The summed E-state index contributed by atoms with van der Waals surface area (Å²) in [6.45, 7) is 0.330. The second kappa shape index (κ2) is 8.55. The van der Waals surface area contributed by atoms with E-state index in [-0.39, 0.29) is 18.2 Å². The molecule has 0 spiro atoms. The van der Waals surface area contributed by atoms with Gasteiger partial charge < -0.3 is 14.9 Å². The summed E-state index contributed by atoms with van der Waals surface area (Å²) in [4.78, 5) is 26.1. The lowest BCUT2D eigenvalue weighted by Gasteiger charge is -2.17. The van der Waals surface area contributed by atoms with Crippen LogP contribution in [0.2, 0.25) is 0 Å². The standard InChI is InChI=1S/C20H23N3O4/c1-26-17-9-8-14(12-18(17)27-2)10-11-23-19(24)13-16(20(23)25)22-21-15-6-4-3-5-7-15/h3-9,12,16,21-22H,10-11,13H2,1-2H3. The number of anilines is 1. The number of carbonyl (C=O) groups excluding carboxylic acids is 2. The molecule has 27 heavy (non-hydrogen) atoms. The molecular formula is C20H23N3O4. The van der Waals surface area contributed by atoms with Crippen LogP contribution in [0.1, 0.15) is 12.0 Å². The van der Waals surface area contributed by atoms with E-state index in [9.17, 15) is 9.59 Å². The van der Waals surface area contributed by atoms with Crippen molar-refractivity contribution in [1.82, 2.24) is 10.3 Å². The average molecular weight is 369 g/mol. The summed E-state index contributed by atoms with van der Waals surface area (Å²) in [7, 11) is 3.15. The molecular weight excluding hydrogens is 346 g/mol. The molecule has 2 N–H and O–H groups in total. The summed E-state index contributed by atoms with van der Waals surface area (Å²) in [6.07, 6.45) is 0.696. The summed E-state index contributed by atoms with van der Waals surface area (Å²) in [5, 5.41) is 0. The highest BCUT2D eigenvalue weighted by Crippen LogP contribution is 2.28. The van der Waals surface area contributed by atoms with Gasteiger partial charge in [-0.3, -0.25) is 14.5 Å². The molecule has 3 rings (SSSR count). The predicted molar refractivity (Wildman–Crippen MR) is 102 cm³/mol. The summed E-state index contributed by atoms with van der Waals surface area (Å²) in [6, 6.07) is 14.5. The average Bonchev–Trinajstić information content (AvgIpc) is 2.98. The third-order valence-electron chi connectivity index (χ3n) is 4.48. The van der Waals surface area contributed by atoms with Crippen molar-refractivity contribution < 1.29 is 19.1 Å². The van der Waals surface area contributed by atoms with E-state index in [0.29, 0.717) is 24.5 Å². The van der Waals surface area contributed by atoms with Gasteiger partial charge in [0.1, 0.15) is 6.04 Å². The maximum atomic E-state index is 12.5. The molecule has 0 aromatic heterocycles. The Morgan fingerprint density at radius 1 is 1.04 bits per heavy atom. The Hall–Kier alpha value is -3.06. The van der Waals surface area contributed by atoms with Crippen LogP contribution in [0, 0.1) is 0 Å². The molecule has 0 radical (unpaired) electrons. The first kappa shape index (κ1) is 18.7. The molecule has 1 heterocycles. The third kappa shape index (κ3) is 4.38. The van der Waals surface area contributed by atoms with Gasteiger partial charge in [-0.1, -0.05) is 24.3 Å². The number of carbonyl (C=O) groups is 2. The maximum absolute atomic E-state index is 12.5. The zero-order valence-corrected chi connectivity index (χ0v) is 15.4. The second-order valence-corrected chi connectivity index (χ2v) is 6.22. The van der Waals surface area contributed by atoms with E-state index < -0.39 is 6.04 Å². The van der Waals surface area contributed by atoms with Crippen LogP contribution in [0.3, 0.4) is 0 Å². The Labute approximate surface area is 158 Å². The molecule has 142 valence electrons. The van der Waals surface area contributed by atoms with Gasteiger partial charge in [-0.25, -0.2) is 5.43 Å². The first-order valence-corrected chi connectivity index (χ1v) is 8.74. The SMILES string of the molecule is COc1ccc(CCN2C(=O)CC(NNc3ccccc3)C2=O)cc1OC. The van der Waals surface area contributed by atoms with Crippen molar-refractivity contribution in [3.63, 3.8) is 0 Å². The first-order chi connectivity index (χ1) is 13.1. The molecule has 1 aliphatic rings. The van der Waals surface area contributed by atoms with Crippen LogP contribution >= 0.6 is 0 Å². The van der Waals surface area contributed by atoms with Crippen LogP contribution in [-0.2, 0) is 16.0 Å². The van der Waals surface area contributed by atoms with Gasteiger partial charge in [0.05, 0.1) is 20.6 Å². The zero-order chi connectivity index (χ0) is 19.2. The normalized spacial score (nSPS) is 16.5. The third-order valence-corrected chi connectivity index (χ3v) is 4.48. The number of para-hydroxylation sites is 1. The Morgan fingerprint density at radius 2 is 1.78 bits per heavy atom. The second-order valence-electron chi connectivity index (χ2n) is 6.22. The Balaban J connectivity index is 1.57. The van der Waals surface area contributed by atoms with E-state index in [2.05, 4.69) is 10.9 Å². The van der Waals surface area contributed by atoms with E-state index >= 15 is 0 Å². The van der Waals surface area contributed by atoms with Crippen molar-refractivity contribution in [3.8, 4) is 11.5 Å². The van der Waals surface area contributed by atoms with Gasteiger partial charge in [0.25, 0.3) is 0 Å². The van der Waals surface area contributed by atoms with E-state index in [1.807, 2.05) is 48.5 Å². The summed E-state index contributed by atoms with van der Waals surface area (Å²) >= 11 is 0. The highest BCUT2D eigenvalue weighted by molar-refractivity contribution is 6.05. The molecule has 1 atom stereocenters. The number of hydrogen-bond acceptors (Lipinski definition) is 6. The molecule has 7 nitrogen and oxygen atoms in total. The zero-order valence-electron chi connectivity index (χ0n) is 15.4. The van der Waals surface area contributed by atoms with E-state index in [0.717, 1.165) is 11.3 Å². The van der Waals surface area contributed by atoms with Gasteiger partial charge in [-0.2, -0.15) is 0 Å². The van der Waals surface area contributed by atoms with Crippen molar-refractivity contribution in [1.29, 1.82) is 0 Å². The fourth-order valence-corrected chi connectivity index (χ4v) is 3.00. The van der Waals surface area contributed by atoms with Crippen molar-refractivity contribution in [2.75, 3.05) is 26.2 Å². The van der Waals surface area contributed by atoms with Gasteiger partial charge in [-0.15, -0.1) is 0 Å². The van der Waals surface area contributed by atoms with Crippen LogP contribution < -0.4 is 20.3 Å². The predicted octanol–water partition coefficient (Wildman–Crippen LogP) is 1.99. The van der Waals surface area contributed by atoms with Crippen LogP contribution in [0.5, 0.6) is 11.5 Å². The Kier molecular flexibility index (Phi) is 5.93. The van der Waals surface area contributed by atoms with Gasteiger partial charge >= 0.3 is 0 Å². The first-order valence-electron chi connectivity index (χ1n) is 8.74. The number of hydrogen-bond donors (Lipinski definition) is 2. The number of likely N-dealkylation sites (tertiary alicyclic amines) is 1. The number of benzene rings is 2. The largest absolute Gasteiger partial charge is 0.493 e. The minimum atomic E-state index is -0.567. The van der Waals surface area contributed by atoms with Gasteiger partial charge in [0.2, 0.25) is 11.8 Å². The molecule has 1 saturated heterocycles. The Bertz CT molecular complexity index is 810. The highest BCUT2D eigenvalue weighted by atomic mass is 16.5. The van der Waals surface area contributed by atoms with Crippen LogP contribution in [0.4, 0.5) is 5.69 Å². The number of rotatable bonds is 8. The fourth-order valence-electron chi connectivity index (χ4n) is 3.00. The maximum Gasteiger partial charge on any atom is 0.248 e. The molecule has 1 unspecified atom stereocenters. The minimum absolute atomic E-state index is 0.143. The number of methoxy groups -OCH3 is 2. The molecule has 7 heteroatoms. The monoisotopic (exact) mass is 369 g/mol. The van der Waals surface area contributed by atoms with Crippen LogP contribution in [-0.4, -0.2) is 43.5 Å². The van der Waals surface area contributed by atoms with Crippen LogP contribution in [0.25, 0.3) is 0 Å². The van der Waals surface area contributed by atoms with Gasteiger partial charge in [0.15, 0.2) is 11.5 Å². The molecule has 2 amide bonds. The van der Waals surface area contributed by atoms with E-state index in [1.54, 1.807) is 14.2 Å². The Morgan fingerprint density at radius 3 is 2.48 bits per heavy atom. The molecule has 1 fully saturated rings. The minimum Gasteiger partial charge on any atom is -0.493 e.